The molecule has 1 aliphatic carbocycles. The molecule has 3 rings (SSSR count). The van der Waals surface area contributed by atoms with Crippen molar-refractivity contribution in [1.82, 2.24) is 15.5 Å². The fourth-order valence-corrected chi connectivity index (χ4v) is 3.09. The number of carbonyl (C=O) groups is 1. The lowest BCUT2D eigenvalue weighted by molar-refractivity contribution is -0.175. The van der Waals surface area contributed by atoms with E-state index in [-0.39, 0.29) is 17.8 Å². The molecule has 0 unspecified atom stereocenters. The molecule has 1 atom stereocenters. The summed E-state index contributed by atoms with van der Waals surface area (Å²) in [5.74, 6) is -0.403. The Kier molecular flexibility index (Phi) is 4.55. The minimum atomic E-state index is -0.380. The van der Waals surface area contributed by atoms with Gasteiger partial charge in [0.25, 0.3) is 0 Å². The average molecular weight is 293 g/mol. The Morgan fingerprint density at radius 3 is 2.90 bits per heavy atom. The molecule has 2 fully saturated rings. The highest BCUT2D eigenvalue weighted by atomic mass is 16.7. The number of hydrogen-bond acceptors (Lipinski definition) is 4. The van der Waals surface area contributed by atoms with E-state index in [0.29, 0.717) is 19.6 Å². The fourth-order valence-electron chi connectivity index (χ4n) is 3.09. The molecule has 0 aromatic carbocycles. The molecule has 2 heterocycles. The number of H-pyrrole nitrogens is 1. The molecular formula is C15H23N3O3. The Morgan fingerprint density at radius 1 is 1.38 bits per heavy atom. The van der Waals surface area contributed by atoms with Crippen molar-refractivity contribution in [2.75, 3.05) is 13.2 Å². The monoisotopic (exact) mass is 293 g/mol. The molecule has 1 aliphatic heterocycles. The third-order valence-corrected chi connectivity index (χ3v) is 4.22. The van der Waals surface area contributed by atoms with Gasteiger partial charge in [0, 0.05) is 31.3 Å². The minimum absolute atomic E-state index is 0.0235. The number of nitrogens with one attached hydrogen (secondary N) is 2. The summed E-state index contributed by atoms with van der Waals surface area (Å²) in [5, 5.41) is 9.52. The van der Waals surface area contributed by atoms with Gasteiger partial charge in [-0.15, -0.1) is 0 Å². The Bertz CT molecular complexity index is 453. The van der Waals surface area contributed by atoms with E-state index in [4.69, 9.17) is 9.47 Å². The Morgan fingerprint density at radius 2 is 2.19 bits per heavy atom. The van der Waals surface area contributed by atoms with Gasteiger partial charge in [-0.3, -0.25) is 9.89 Å². The highest BCUT2D eigenvalue weighted by Crippen LogP contribution is 2.36. The van der Waals surface area contributed by atoms with Crippen molar-refractivity contribution in [3.8, 4) is 0 Å². The third kappa shape index (κ3) is 3.83. The zero-order valence-corrected chi connectivity index (χ0v) is 12.3. The van der Waals surface area contributed by atoms with Gasteiger partial charge in [0.05, 0.1) is 13.0 Å². The summed E-state index contributed by atoms with van der Waals surface area (Å²) in [7, 11) is 0. The largest absolute Gasteiger partial charge is 0.353 e. The number of ether oxygens (including phenoxy) is 2. The second kappa shape index (κ2) is 6.58. The SMILES string of the molecule is O=C(Cc1ccn[nH]1)NC[C@H]1COC2(CCCCCC2)O1. The van der Waals surface area contributed by atoms with Gasteiger partial charge in [-0.05, 0) is 18.9 Å². The van der Waals surface area contributed by atoms with E-state index < -0.39 is 0 Å². The van der Waals surface area contributed by atoms with Crippen LogP contribution in [0.2, 0.25) is 0 Å². The van der Waals surface area contributed by atoms with Crippen LogP contribution in [0.1, 0.15) is 44.2 Å². The zero-order valence-electron chi connectivity index (χ0n) is 12.3. The summed E-state index contributed by atoms with van der Waals surface area (Å²) >= 11 is 0. The lowest BCUT2D eigenvalue weighted by Crippen LogP contribution is -2.36. The summed E-state index contributed by atoms with van der Waals surface area (Å²) in [6, 6.07) is 1.80. The van der Waals surface area contributed by atoms with Crippen molar-refractivity contribution < 1.29 is 14.3 Å². The lowest BCUT2D eigenvalue weighted by Gasteiger charge is -2.26. The smallest absolute Gasteiger partial charge is 0.226 e. The molecule has 21 heavy (non-hydrogen) atoms. The first-order valence-corrected chi connectivity index (χ1v) is 7.82. The molecule has 6 nitrogen and oxygen atoms in total. The molecule has 1 saturated carbocycles. The van der Waals surface area contributed by atoms with Crippen LogP contribution in [0, 0.1) is 0 Å². The number of aromatic nitrogens is 2. The van der Waals surface area contributed by atoms with Crippen molar-refractivity contribution in [3.05, 3.63) is 18.0 Å². The Labute approximate surface area is 124 Å². The number of rotatable bonds is 4. The van der Waals surface area contributed by atoms with Gasteiger partial charge in [-0.25, -0.2) is 0 Å². The van der Waals surface area contributed by atoms with Crippen molar-refractivity contribution in [2.24, 2.45) is 0 Å². The molecule has 1 aromatic rings. The van der Waals surface area contributed by atoms with Crippen LogP contribution in [-0.2, 0) is 20.7 Å². The molecule has 0 radical (unpaired) electrons. The molecule has 1 aromatic heterocycles. The van der Waals surface area contributed by atoms with Crippen molar-refractivity contribution in [3.63, 3.8) is 0 Å². The van der Waals surface area contributed by atoms with Gasteiger partial charge in [-0.2, -0.15) is 5.10 Å². The molecule has 1 saturated heterocycles. The standard InChI is InChI=1S/C15H23N3O3/c19-14(9-12-5-8-17-18-12)16-10-13-11-20-15(21-13)6-3-1-2-4-7-15/h5,8,13H,1-4,6-7,9-11H2,(H,16,19)(H,17,18)/t13-/m0/s1. The van der Waals surface area contributed by atoms with Gasteiger partial charge in [-0.1, -0.05) is 12.8 Å². The Balaban J connectivity index is 1.43. The van der Waals surface area contributed by atoms with Crippen LogP contribution in [0.25, 0.3) is 0 Å². The maximum Gasteiger partial charge on any atom is 0.226 e. The first-order valence-electron chi connectivity index (χ1n) is 7.82. The highest BCUT2D eigenvalue weighted by molar-refractivity contribution is 5.78. The molecule has 116 valence electrons. The van der Waals surface area contributed by atoms with Crippen molar-refractivity contribution in [1.29, 1.82) is 0 Å². The molecule has 1 spiro atoms. The van der Waals surface area contributed by atoms with Crippen LogP contribution in [0.4, 0.5) is 0 Å². The zero-order chi connectivity index (χ0) is 14.5. The second-order valence-corrected chi connectivity index (χ2v) is 5.94. The van der Waals surface area contributed by atoms with Crippen LogP contribution < -0.4 is 5.32 Å². The first kappa shape index (κ1) is 14.5. The van der Waals surface area contributed by atoms with Gasteiger partial charge < -0.3 is 14.8 Å². The molecule has 2 N–H and O–H groups in total. The third-order valence-electron chi connectivity index (χ3n) is 4.22. The quantitative estimate of drug-likeness (QED) is 0.883. The first-order chi connectivity index (χ1) is 10.3. The van der Waals surface area contributed by atoms with E-state index in [1.54, 1.807) is 12.3 Å². The number of aromatic amines is 1. The normalized spacial score (nSPS) is 24.9. The summed E-state index contributed by atoms with van der Waals surface area (Å²) in [6.45, 7) is 1.08. The van der Waals surface area contributed by atoms with E-state index in [9.17, 15) is 4.79 Å². The van der Waals surface area contributed by atoms with Crippen molar-refractivity contribution in [2.45, 2.75) is 56.8 Å². The molecule has 2 aliphatic rings. The van der Waals surface area contributed by atoms with Crippen LogP contribution in [0.3, 0.4) is 0 Å². The predicted octanol–water partition coefficient (Wildman–Crippen LogP) is 1.53. The van der Waals surface area contributed by atoms with E-state index in [1.165, 1.54) is 25.7 Å². The topological polar surface area (TPSA) is 76.2 Å². The summed E-state index contributed by atoms with van der Waals surface area (Å²) < 4.78 is 12.0. The van der Waals surface area contributed by atoms with Crippen LogP contribution in [0.5, 0.6) is 0 Å². The highest BCUT2D eigenvalue weighted by Gasteiger charge is 2.41. The van der Waals surface area contributed by atoms with E-state index in [2.05, 4.69) is 15.5 Å². The molecule has 1 amide bonds. The van der Waals surface area contributed by atoms with E-state index in [0.717, 1.165) is 18.5 Å². The number of carbonyl (C=O) groups excluding carboxylic acids is 1. The Hall–Kier alpha value is -1.40. The molecular weight excluding hydrogens is 270 g/mol. The minimum Gasteiger partial charge on any atom is -0.353 e. The maximum atomic E-state index is 11.8. The summed E-state index contributed by atoms with van der Waals surface area (Å²) in [4.78, 5) is 11.8. The number of hydrogen-bond donors (Lipinski definition) is 2. The number of nitrogens with zero attached hydrogens (tertiary/aromatic N) is 1. The van der Waals surface area contributed by atoms with Gasteiger partial charge in [0.2, 0.25) is 5.91 Å². The van der Waals surface area contributed by atoms with Gasteiger partial charge >= 0.3 is 0 Å². The predicted molar refractivity (Wildman–Crippen MR) is 76.6 cm³/mol. The fraction of sp³-hybridized carbons (Fsp3) is 0.733. The summed E-state index contributed by atoms with van der Waals surface area (Å²) in [6.07, 6.45) is 8.74. The second-order valence-electron chi connectivity index (χ2n) is 5.94. The summed E-state index contributed by atoms with van der Waals surface area (Å²) in [5.41, 5.74) is 0.816. The number of amides is 1. The van der Waals surface area contributed by atoms with Crippen LogP contribution >= 0.6 is 0 Å². The van der Waals surface area contributed by atoms with E-state index >= 15 is 0 Å². The van der Waals surface area contributed by atoms with Crippen LogP contribution in [0.15, 0.2) is 12.3 Å². The van der Waals surface area contributed by atoms with Crippen molar-refractivity contribution >= 4 is 5.91 Å². The van der Waals surface area contributed by atoms with Gasteiger partial charge in [0.15, 0.2) is 5.79 Å². The van der Waals surface area contributed by atoms with E-state index in [1.807, 2.05) is 0 Å². The maximum absolute atomic E-state index is 11.8. The molecule has 6 heteroatoms. The average Bonchev–Trinajstić information content (AvgIpc) is 3.05. The lowest BCUT2D eigenvalue weighted by atomic mass is 10.1. The van der Waals surface area contributed by atoms with Crippen LogP contribution in [-0.4, -0.2) is 41.1 Å². The van der Waals surface area contributed by atoms with Gasteiger partial charge in [0.1, 0.15) is 6.10 Å². The molecule has 0 bridgehead atoms.